The summed E-state index contributed by atoms with van der Waals surface area (Å²) in [5, 5.41) is 0.960. The lowest BCUT2D eigenvalue weighted by Gasteiger charge is -2.02. The Bertz CT molecular complexity index is 341. The van der Waals surface area contributed by atoms with Crippen LogP contribution in [-0.2, 0) is 0 Å². The summed E-state index contributed by atoms with van der Waals surface area (Å²) in [6.45, 7) is 0. The SMILES string of the molecule is O=C(CCCBr)c1ccc(F)cc1Cl. The van der Waals surface area contributed by atoms with Gasteiger partial charge in [0.05, 0.1) is 5.02 Å². The smallest absolute Gasteiger partial charge is 0.164 e. The lowest BCUT2D eigenvalue weighted by atomic mass is 10.1. The van der Waals surface area contributed by atoms with E-state index in [1.165, 1.54) is 12.1 Å². The van der Waals surface area contributed by atoms with Crippen molar-refractivity contribution < 1.29 is 9.18 Å². The molecule has 0 spiro atoms. The van der Waals surface area contributed by atoms with Crippen LogP contribution in [0.2, 0.25) is 5.02 Å². The second-order valence-corrected chi connectivity index (χ2v) is 4.04. The molecule has 1 aromatic carbocycles. The van der Waals surface area contributed by atoms with E-state index < -0.39 is 5.82 Å². The van der Waals surface area contributed by atoms with E-state index in [2.05, 4.69) is 15.9 Å². The molecule has 1 nitrogen and oxygen atoms in total. The Morgan fingerprint density at radius 1 is 1.50 bits per heavy atom. The molecule has 0 aliphatic rings. The average molecular weight is 280 g/mol. The van der Waals surface area contributed by atoms with Crippen molar-refractivity contribution in [2.75, 3.05) is 5.33 Å². The van der Waals surface area contributed by atoms with Crippen LogP contribution in [0, 0.1) is 5.82 Å². The van der Waals surface area contributed by atoms with Crippen LogP contribution in [0.3, 0.4) is 0 Å². The van der Waals surface area contributed by atoms with Gasteiger partial charge in [-0.3, -0.25) is 4.79 Å². The second kappa shape index (κ2) is 5.47. The number of hydrogen-bond donors (Lipinski definition) is 0. The third kappa shape index (κ3) is 3.07. The molecular formula is C10H9BrClFO. The highest BCUT2D eigenvalue weighted by Crippen LogP contribution is 2.19. The zero-order chi connectivity index (χ0) is 10.6. The van der Waals surface area contributed by atoms with Gasteiger partial charge < -0.3 is 0 Å². The topological polar surface area (TPSA) is 17.1 Å². The largest absolute Gasteiger partial charge is 0.294 e. The quantitative estimate of drug-likeness (QED) is 0.604. The third-order valence-electron chi connectivity index (χ3n) is 1.77. The molecule has 0 saturated carbocycles. The molecule has 0 aliphatic heterocycles. The lowest BCUT2D eigenvalue weighted by molar-refractivity contribution is 0.0982. The van der Waals surface area contributed by atoms with Gasteiger partial charge in [-0.25, -0.2) is 4.39 Å². The summed E-state index contributed by atoms with van der Waals surface area (Å²) in [4.78, 5) is 11.5. The van der Waals surface area contributed by atoms with Gasteiger partial charge in [-0.2, -0.15) is 0 Å². The van der Waals surface area contributed by atoms with E-state index in [0.717, 1.165) is 17.8 Å². The summed E-state index contributed by atoms with van der Waals surface area (Å²) in [5.41, 5.74) is 0.397. The number of rotatable bonds is 4. The summed E-state index contributed by atoms with van der Waals surface area (Å²) in [6.07, 6.45) is 1.18. The molecule has 1 aromatic rings. The number of carbonyl (C=O) groups is 1. The molecule has 0 atom stereocenters. The molecule has 0 saturated heterocycles. The Morgan fingerprint density at radius 3 is 2.79 bits per heavy atom. The first-order chi connectivity index (χ1) is 6.65. The molecule has 0 bridgehead atoms. The number of alkyl halides is 1. The summed E-state index contributed by atoms with van der Waals surface area (Å²) < 4.78 is 12.7. The van der Waals surface area contributed by atoms with Crippen LogP contribution in [0.1, 0.15) is 23.2 Å². The Labute approximate surface area is 95.4 Å². The molecule has 0 radical (unpaired) electrons. The summed E-state index contributed by atoms with van der Waals surface area (Å²) in [5.74, 6) is -0.471. The van der Waals surface area contributed by atoms with Crippen LogP contribution in [0.4, 0.5) is 4.39 Å². The number of benzene rings is 1. The number of ketones is 1. The van der Waals surface area contributed by atoms with Gasteiger partial charge in [-0.1, -0.05) is 27.5 Å². The van der Waals surface area contributed by atoms with E-state index in [1.54, 1.807) is 0 Å². The van der Waals surface area contributed by atoms with Crippen molar-refractivity contribution >= 4 is 33.3 Å². The fourth-order valence-electron chi connectivity index (χ4n) is 1.08. The van der Waals surface area contributed by atoms with Crippen molar-refractivity contribution in [3.8, 4) is 0 Å². The van der Waals surface area contributed by atoms with Crippen molar-refractivity contribution in [2.45, 2.75) is 12.8 Å². The van der Waals surface area contributed by atoms with E-state index in [4.69, 9.17) is 11.6 Å². The monoisotopic (exact) mass is 278 g/mol. The Morgan fingerprint density at radius 2 is 2.21 bits per heavy atom. The molecular weight excluding hydrogens is 270 g/mol. The standard InChI is InChI=1S/C10H9BrClFO/c11-5-1-2-10(14)8-4-3-7(13)6-9(8)12/h3-4,6H,1-2,5H2. The first-order valence-electron chi connectivity index (χ1n) is 4.19. The van der Waals surface area contributed by atoms with Gasteiger partial charge in [0, 0.05) is 17.3 Å². The van der Waals surface area contributed by atoms with Crippen LogP contribution >= 0.6 is 27.5 Å². The molecule has 1 rings (SSSR count). The van der Waals surface area contributed by atoms with Crippen LogP contribution in [0.15, 0.2) is 18.2 Å². The Hall–Kier alpha value is -0.410. The van der Waals surface area contributed by atoms with Crippen LogP contribution < -0.4 is 0 Å². The van der Waals surface area contributed by atoms with Crippen LogP contribution in [-0.4, -0.2) is 11.1 Å². The van der Waals surface area contributed by atoms with Crippen molar-refractivity contribution in [2.24, 2.45) is 0 Å². The van der Waals surface area contributed by atoms with Crippen molar-refractivity contribution in [3.05, 3.63) is 34.6 Å². The van der Waals surface area contributed by atoms with E-state index in [1.807, 2.05) is 0 Å². The molecule has 76 valence electrons. The molecule has 0 unspecified atom stereocenters. The molecule has 0 N–H and O–H groups in total. The van der Waals surface area contributed by atoms with Crippen molar-refractivity contribution in [3.63, 3.8) is 0 Å². The fraction of sp³-hybridized carbons (Fsp3) is 0.300. The minimum Gasteiger partial charge on any atom is -0.294 e. The summed E-state index contributed by atoms with van der Waals surface area (Å²) in [6, 6.07) is 3.82. The Balaban J connectivity index is 2.80. The molecule has 14 heavy (non-hydrogen) atoms. The molecule has 0 aromatic heterocycles. The lowest BCUT2D eigenvalue weighted by Crippen LogP contribution is -2.00. The number of carbonyl (C=O) groups excluding carboxylic acids is 1. The van der Waals surface area contributed by atoms with E-state index >= 15 is 0 Å². The molecule has 0 heterocycles. The fourth-order valence-corrected chi connectivity index (χ4v) is 1.63. The van der Waals surface area contributed by atoms with E-state index in [0.29, 0.717) is 12.0 Å². The normalized spacial score (nSPS) is 10.2. The van der Waals surface area contributed by atoms with Crippen molar-refractivity contribution in [1.29, 1.82) is 0 Å². The van der Waals surface area contributed by atoms with Gasteiger partial charge in [0.2, 0.25) is 0 Å². The first-order valence-corrected chi connectivity index (χ1v) is 5.69. The maximum atomic E-state index is 12.7. The zero-order valence-corrected chi connectivity index (χ0v) is 9.74. The maximum absolute atomic E-state index is 12.7. The zero-order valence-electron chi connectivity index (χ0n) is 7.40. The van der Waals surface area contributed by atoms with Crippen LogP contribution in [0.25, 0.3) is 0 Å². The average Bonchev–Trinajstić information content (AvgIpc) is 2.14. The van der Waals surface area contributed by atoms with Gasteiger partial charge in [0.15, 0.2) is 5.78 Å². The predicted molar refractivity (Wildman–Crippen MR) is 58.8 cm³/mol. The second-order valence-electron chi connectivity index (χ2n) is 2.84. The predicted octanol–water partition coefficient (Wildman–Crippen LogP) is 3.84. The first kappa shape index (κ1) is 11.7. The van der Waals surface area contributed by atoms with E-state index in [9.17, 15) is 9.18 Å². The minimum atomic E-state index is -0.424. The number of Topliss-reactive ketones (excluding diaryl/α,β-unsaturated/α-hetero) is 1. The molecule has 0 amide bonds. The third-order valence-corrected chi connectivity index (χ3v) is 2.64. The molecule has 0 fully saturated rings. The van der Waals surface area contributed by atoms with Gasteiger partial charge in [-0.15, -0.1) is 0 Å². The summed E-state index contributed by atoms with van der Waals surface area (Å²) in [7, 11) is 0. The van der Waals surface area contributed by atoms with Crippen LogP contribution in [0.5, 0.6) is 0 Å². The summed E-state index contributed by atoms with van der Waals surface area (Å²) >= 11 is 8.97. The highest BCUT2D eigenvalue weighted by Gasteiger charge is 2.10. The Kier molecular flexibility index (Phi) is 4.55. The number of halogens is 3. The van der Waals surface area contributed by atoms with E-state index in [-0.39, 0.29) is 10.8 Å². The maximum Gasteiger partial charge on any atom is 0.164 e. The van der Waals surface area contributed by atoms with Gasteiger partial charge in [-0.05, 0) is 24.6 Å². The molecule has 4 heteroatoms. The highest BCUT2D eigenvalue weighted by atomic mass is 79.9. The molecule has 0 aliphatic carbocycles. The minimum absolute atomic E-state index is 0.0468. The van der Waals surface area contributed by atoms with Gasteiger partial charge in [0.25, 0.3) is 0 Å². The highest BCUT2D eigenvalue weighted by molar-refractivity contribution is 9.09. The van der Waals surface area contributed by atoms with Gasteiger partial charge >= 0.3 is 0 Å². The van der Waals surface area contributed by atoms with Gasteiger partial charge in [0.1, 0.15) is 5.82 Å². The van der Waals surface area contributed by atoms with Crippen molar-refractivity contribution in [1.82, 2.24) is 0 Å². The number of hydrogen-bond acceptors (Lipinski definition) is 1.